The zero-order valence-electron chi connectivity index (χ0n) is 14.6. The average molecular weight is 327 g/mol. The lowest BCUT2D eigenvalue weighted by molar-refractivity contribution is -0.108. The van der Waals surface area contributed by atoms with Crippen molar-refractivity contribution >= 4 is 12.0 Å². The van der Waals surface area contributed by atoms with Crippen LogP contribution >= 0.6 is 0 Å². The van der Waals surface area contributed by atoms with Gasteiger partial charge in [0.1, 0.15) is 12.0 Å². The molecule has 0 saturated carbocycles. The van der Waals surface area contributed by atoms with Gasteiger partial charge in [0.05, 0.1) is 20.3 Å². The smallest absolute Gasteiger partial charge is 0.124 e. The van der Waals surface area contributed by atoms with E-state index in [1.807, 2.05) is 67.5 Å². The molecule has 0 unspecified atom stereocenters. The van der Waals surface area contributed by atoms with Crippen molar-refractivity contribution in [3.63, 3.8) is 0 Å². The Balaban J connectivity index is 2.10. The summed E-state index contributed by atoms with van der Waals surface area (Å²) in [7, 11) is 5.63. The van der Waals surface area contributed by atoms with Gasteiger partial charge >= 0.3 is 0 Å². The number of aldehydes is 1. The summed E-state index contributed by atoms with van der Waals surface area (Å²) in [5.41, 5.74) is 3.19. The molecule has 0 N–H and O–H groups in total. The summed E-state index contributed by atoms with van der Waals surface area (Å²) < 4.78 is 11.4. The number of anilines is 1. The first-order valence-electron chi connectivity index (χ1n) is 8.06. The van der Waals surface area contributed by atoms with Crippen LogP contribution < -0.4 is 9.64 Å². The van der Waals surface area contributed by atoms with Crippen molar-refractivity contribution in [1.82, 2.24) is 0 Å². The highest BCUT2D eigenvalue weighted by Gasteiger charge is 2.17. The van der Waals surface area contributed by atoms with E-state index in [2.05, 4.69) is 0 Å². The molecule has 2 aromatic rings. The first kappa shape index (κ1) is 18.0. The van der Waals surface area contributed by atoms with Gasteiger partial charge in [-0.05, 0) is 11.6 Å². The average Bonchev–Trinajstić information content (AvgIpc) is 2.61. The molecule has 1 atom stereocenters. The molecule has 4 heteroatoms. The molecule has 0 saturated heterocycles. The van der Waals surface area contributed by atoms with Gasteiger partial charge in [-0.2, -0.15) is 0 Å². The first-order valence-corrected chi connectivity index (χ1v) is 8.06. The van der Waals surface area contributed by atoms with Gasteiger partial charge in [0.15, 0.2) is 0 Å². The predicted octanol–water partition coefficient (Wildman–Crippen LogP) is 3.65. The van der Waals surface area contributed by atoms with Gasteiger partial charge in [0.2, 0.25) is 0 Å². The molecule has 0 aliphatic heterocycles. The van der Waals surface area contributed by atoms with Gasteiger partial charge in [-0.15, -0.1) is 0 Å². The quantitative estimate of drug-likeness (QED) is 0.659. The number of methoxy groups -OCH3 is 1. The molecule has 0 amide bonds. The first-order chi connectivity index (χ1) is 11.7. The lowest BCUT2D eigenvalue weighted by Gasteiger charge is -2.21. The number of nitrogens with zero attached hydrogens (tertiary/aromatic N) is 1. The molecule has 0 aliphatic carbocycles. The van der Waals surface area contributed by atoms with E-state index in [1.54, 1.807) is 7.11 Å². The van der Waals surface area contributed by atoms with Crippen molar-refractivity contribution in [2.45, 2.75) is 18.9 Å². The van der Waals surface area contributed by atoms with Gasteiger partial charge in [-0.25, -0.2) is 0 Å². The van der Waals surface area contributed by atoms with Crippen LogP contribution in [0, 0.1) is 0 Å². The fourth-order valence-corrected chi connectivity index (χ4v) is 2.61. The van der Waals surface area contributed by atoms with E-state index in [0.717, 1.165) is 28.8 Å². The highest BCUT2D eigenvalue weighted by atomic mass is 16.5. The number of ether oxygens (including phenoxy) is 2. The monoisotopic (exact) mass is 327 g/mol. The third-order valence-corrected chi connectivity index (χ3v) is 3.98. The van der Waals surface area contributed by atoms with E-state index >= 15 is 0 Å². The summed E-state index contributed by atoms with van der Waals surface area (Å²) >= 11 is 0. The van der Waals surface area contributed by atoms with E-state index in [9.17, 15) is 4.79 Å². The Bertz CT molecular complexity index is 641. The maximum Gasteiger partial charge on any atom is 0.124 e. The number of carbonyl (C=O) groups excluding carboxylic acids is 1. The molecule has 0 radical (unpaired) electrons. The van der Waals surface area contributed by atoms with Crippen molar-refractivity contribution in [1.29, 1.82) is 0 Å². The largest absolute Gasteiger partial charge is 0.496 e. The van der Waals surface area contributed by atoms with Crippen LogP contribution in [-0.4, -0.2) is 34.1 Å². The van der Waals surface area contributed by atoms with Crippen LogP contribution in [0.4, 0.5) is 5.69 Å². The van der Waals surface area contributed by atoms with E-state index in [-0.39, 0.29) is 5.92 Å². The van der Waals surface area contributed by atoms with Gasteiger partial charge in [0.25, 0.3) is 0 Å². The number of hydrogen-bond acceptors (Lipinski definition) is 4. The molecule has 0 bridgehead atoms. The molecule has 4 nitrogen and oxygen atoms in total. The maximum absolute atomic E-state index is 11.1. The standard InChI is InChI=1S/C20H25NO3/c1-21(2)18-9-10-19(20(13-18)23-3)17(11-12-22)15-24-14-16-7-5-4-6-8-16/h4-10,12-13,17H,11,14-15H2,1-3H3/t17-/m0/s1. The molecule has 128 valence electrons. The third-order valence-electron chi connectivity index (χ3n) is 3.98. The van der Waals surface area contributed by atoms with Crippen molar-refractivity contribution in [2.24, 2.45) is 0 Å². The Hall–Kier alpha value is -2.33. The van der Waals surface area contributed by atoms with Crippen LogP contribution in [0.5, 0.6) is 5.75 Å². The van der Waals surface area contributed by atoms with Crippen LogP contribution in [0.1, 0.15) is 23.5 Å². The summed E-state index contributed by atoms with van der Waals surface area (Å²) in [4.78, 5) is 13.1. The lowest BCUT2D eigenvalue weighted by Crippen LogP contribution is -2.12. The second-order valence-electron chi connectivity index (χ2n) is 5.92. The Morgan fingerprint density at radius 2 is 1.88 bits per heavy atom. The van der Waals surface area contributed by atoms with Crippen LogP contribution in [0.25, 0.3) is 0 Å². The molecular formula is C20H25NO3. The van der Waals surface area contributed by atoms with E-state index in [4.69, 9.17) is 9.47 Å². The Morgan fingerprint density at radius 1 is 1.12 bits per heavy atom. The van der Waals surface area contributed by atoms with Crippen LogP contribution in [0.3, 0.4) is 0 Å². The van der Waals surface area contributed by atoms with E-state index in [0.29, 0.717) is 19.6 Å². The highest BCUT2D eigenvalue weighted by molar-refractivity contribution is 5.57. The molecule has 0 aromatic heterocycles. The van der Waals surface area contributed by atoms with Gasteiger partial charge in [-0.3, -0.25) is 0 Å². The maximum atomic E-state index is 11.1. The second kappa shape index (κ2) is 9.08. The van der Waals surface area contributed by atoms with Crippen LogP contribution in [-0.2, 0) is 16.1 Å². The van der Waals surface area contributed by atoms with Crippen LogP contribution in [0.2, 0.25) is 0 Å². The van der Waals surface area contributed by atoms with Crippen molar-refractivity contribution in [3.05, 3.63) is 59.7 Å². The summed E-state index contributed by atoms with van der Waals surface area (Å²) in [6, 6.07) is 16.1. The Morgan fingerprint density at radius 3 is 2.50 bits per heavy atom. The fourth-order valence-electron chi connectivity index (χ4n) is 2.61. The molecule has 24 heavy (non-hydrogen) atoms. The Kier molecular flexibility index (Phi) is 6.82. The fraction of sp³-hybridized carbons (Fsp3) is 0.350. The van der Waals surface area contributed by atoms with E-state index < -0.39 is 0 Å². The predicted molar refractivity (Wildman–Crippen MR) is 96.8 cm³/mol. The number of rotatable bonds is 9. The molecule has 0 aliphatic rings. The third kappa shape index (κ3) is 4.83. The SMILES string of the molecule is COc1cc(N(C)C)ccc1[C@@H](CC=O)COCc1ccccc1. The molecule has 0 fully saturated rings. The summed E-state index contributed by atoms with van der Waals surface area (Å²) in [6.45, 7) is 1.01. The minimum atomic E-state index is -0.0163. The molecule has 2 aromatic carbocycles. The van der Waals surface area contributed by atoms with Gasteiger partial charge < -0.3 is 19.2 Å². The van der Waals surface area contributed by atoms with E-state index in [1.165, 1.54) is 0 Å². The molecular weight excluding hydrogens is 302 g/mol. The summed E-state index contributed by atoms with van der Waals surface area (Å²) in [6.07, 6.45) is 1.35. The van der Waals surface area contributed by atoms with Crippen LogP contribution in [0.15, 0.2) is 48.5 Å². The highest BCUT2D eigenvalue weighted by Crippen LogP contribution is 2.32. The van der Waals surface area contributed by atoms with Gasteiger partial charge in [0, 0.05) is 43.8 Å². The summed E-state index contributed by atoms with van der Waals surface area (Å²) in [5, 5.41) is 0. The summed E-state index contributed by atoms with van der Waals surface area (Å²) in [5.74, 6) is 0.772. The van der Waals surface area contributed by atoms with Gasteiger partial charge in [-0.1, -0.05) is 36.4 Å². The minimum absolute atomic E-state index is 0.0163. The normalized spacial score (nSPS) is 11.8. The molecule has 0 heterocycles. The Labute approximate surface area is 144 Å². The number of carbonyl (C=O) groups is 1. The topological polar surface area (TPSA) is 38.8 Å². The zero-order chi connectivity index (χ0) is 17.4. The number of hydrogen-bond donors (Lipinski definition) is 0. The minimum Gasteiger partial charge on any atom is -0.496 e. The molecule has 0 spiro atoms. The number of benzene rings is 2. The van der Waals surface area contributed by atoms with Crippen molar-refractivity contribution in [2.75, 3.05) is 32.7 Å². The zero-order valence-corrected chi connectivity index (χ0v) is 14.6. The lowest BCUT2D eigenvalue weighted by atomic mass is 9.95. The molecule has 2 rings (SSSR count). The van der Waals surface area contributed by atoms with Crippen molar-refractivity contribution in [3.8, 4) is 5.75 Å². The second-order valence-corrected chi connectivity index (χ2v) is 5.92. The van der Waals surface area contributed by atoms with Crippen molar-refractivity contribution < 1.29 is 14.3 Å².